The van der Waals surface area contributed by atoms with Gasteiger partial charge in [-0.05, 0) is 13.3 Å². The molecule has 0 aliphatic carbocycles. The van der Waals surface area contributed by atoms with Crippen LogP contribution in [0.15, 0.2) is 12.2 Å². The van der Waals surface area contributed by atoms with Gasteiger partial charge in [-0.3, -0.25) is 9.59 Å². The van der Waals surface area contributed by atoms with E-state index in [0.717, 1.165) is 0 Å². The van der Waals surface area contributed by atoms with E-state index < -0.39 is 74.5 Å². The monoisotopic (exact) mass is 462 g/mol. The van der Waals surface area contributed by atoms with Crippen molar-refractivity contribution in [2.45, 2.75) is 50.3 Å². The van der Waals surface area contributed by atoms with E-state index in [4.69, 9.17) is 0 Å². The molecule has 0 bridgehead atoms. The van der Waals surface area contributed by atoms with E-state index >= 15 is 0 Å². The lowest BCUT2D eigenvalue weighted by Gasteiger charge is -2.37. The molecule has 0 aromatic rings. The van der Waals surface area contributed by atoms with Gasteiger partial charge < -0.3 is 14.2 Å². The minimum absolute atomic E-state index is 0.0486. The minimum atomic E-state index is -7.04. The van der Waals surface area contributed by atoms with Crippen LogP contribution in [0.1, 0.15) is 26.2 Å². The Bertz CT molecular complexity index is 612. The summed E-state index contributed by atoms with van der Waals surface area (Å²) in [5, 5.41) is 0. The van der Waals surface area contributed by atoms with Crippen LogP contribution in [-0.4, -0.2) is 55.3 Å². The molecule has 0 aliphatic heterocycles. The first-order valence-corrected chi connectivity index (χ1v) is 7.77. The third-order valence-corrected chi connectivity index (χ3v) is 3.15. The highest BCUT2D eigenvalue weighted by molar-refractivity contribution is 5.86. The van der Waals surface area contributed by atoms with Gasteiger partial charge in [0.1, 0.15) is 13.2 Å². The predicted octanol–water partition coefficient (Wildman–Crippen LogP) is 3.79. The fourth-order valence-corrected chi connectivity index (χ4v) is 1.74. The SMILES string of the molecule is C=C(C)C(=O)OCCOC(=O)CCCC(=O)OC(C(F)(F)F)(C(F)(F)F)C(F)(F)F. The third-order valence-electron chi connectivity index (χ3n) is 3.15. The zero-order chi connectivity index (χ0) is 24.0. The summed E-state index contributed by atoms with van der Waals surface area (Å²) >= 11 is 0. The van der Waals surface area contributed by atoms with E-state index in [1.807, 2.05) is 0 Å². The van der Waals surface area contributed by atoms with Crippen molar-refractivity contribution in [3.05, 3.63) is 12.2 Å². The zero-order valence-corrected chi connectivity index (χ0v) is 15.1. The average molecular weight is 462 g/mol. The van der Waals surface area contributed by atoms with Crippen LogP contribution in [0.2, 0.25) is 0 Å². The maximum atomic E-state index is 12.6. The van der Waals surface area contributed by atoms with E-state index in [0.29, 0.717) is 0 Å². The molecule has 15 heteroatoms. The molecule has 0 saturated carbocycles. The lowest BCUT2D eigenvalue weighted by atomic mass is 10.0. The Kier molecular flexibility index (Phi) is 9.19. The fourth-order valence-electron chi connectivity index (χ4n) is 1.74. The number of esters is 3. The van der Waals surface area contributed by atoms with Crippen molar-refractivity contribution in [2.75, 3.05) is 13.2 Å². The molecule has 0 fully saturated rings. The summed E-state index contributed by atoms with van der Waals surface area (Å²) in [5.41, 5.74) is -6.66. The molecule has 6 nitrogen and oxygen atoms in total. The molecule has 0 radical (unpaired) electrons. The van der Waals surface area contributed by atoms with Crippen LogP contribution in [0.25, 0.3) is 0 Å². The quantitative estimate of drug-likeness (QED) is 0.171. The normalized spacial score (nSPS) is 12.9. The van der Waals surface area contributed by atoms with Gasteiger partial charge in [-0.1, -0.05) is 6.58 Å². The number of hydrogen-bond acceptors (Lipinski definition) is 6. The van der Waals surface area contributed by atoms with Crippen molar-refractivity contribution in [3.8, 4) is 0 Å². The third kappa shape index (κ3) is 7.09. The zero-order valence-electron chi connectivity index (χ0n) is 15.1. The molecule has 0 aliphatic rings. The minimum Gasteiger partial charge on any atom is -0.462 e. The van der Waals surface area contributed by atoms with Gasteiger partial charge in [-0.15, -0.1) is 0 Å². The fraction of sp³-hybridized carbons (Fsp3) is 0.667. The van der Waals surface area contributed by atoms with E-state index in [9.17, 15) is 53.9 Å². The highest BCUT2D eigenvalue weighted by Crippen LogP contribution is 2.55. The summed E-state index contributed by atoms with van der Waals surface area (Å²) in [6.07, 6.45) is -24.0. The number of alkyl halides is 9. The van der Waals surface area contributed by atoms with Gasteiger partial charge in [0, 0.05) is 18.4 Å². The van der Waals surface area contributed by atoms with Crippen molar-refractivity contribution in [1.82, 2.24) is 0 Å². The van der Waals surface area contributed by atoms with Crippen LogP contribution < -0.4 is 0 Å². The van der Waals surface area contributed by atoms with Crippen LogP contribution in [-0.2, 0) is 28.6 Å². The van der Waals surface area contributed by atoms with Crippen molar-refractivity contribution >= 4 is 17.9 Å². The highest BCUT2D eigenvalue weighted by Gasteiger charge is 2.87. The van der Waals surface area contributed by atoms with Crippen LogP contribution in [0, 0.1) is 0 Å². The Morgan fingerprint density at radius 2 is 1.13 bits per heavy atom. The van der Waals surface area contributed by atoms with Gasteiger partial charge in [-0.2, -0.15) is 39.5 Å². The number of rotatable bonds is 9. The second-order valence-corrected chi connectivity index (χ2v) is 5.64. The molecule has 0 unspecified atom stereocenters. The molecule has 174 valence electrons. The number of hydrogen-bond donors (Lipinski definition) is 0. The molecule has 0 aromatic carbocycles. The molecular formula is C15H15F9O6. The van der Waals surface area contributed by atoms with Crippen molar-refractivity contribution in [1.29, 1.82) is 0 Å². The Morgan fingerprint density at radius 1 is 0.733 bits per heavy atom. The van der Waals surface area contributed by atoms with Gasteiger partial charge >= 0.3 is 42.0 Å². The first-order chi connectivity index (χ1) is 13.4. The number of halogens is 9. The second-order valence-electron chi connectivity index (χ2n) is 5.64. The van der Waals surface area contributed by atoms with E-state index in [2.05, 4.69) is 20.8 Å². The summed E-state index contributed by atoms with van der Waals surface area (Å²) < 4.78 is 125. The van der Waals surface area contributed by atoms with Crippen LogP contribution in [0.3, 0.4) is 0 Å². The smallest absolute Gasteiger partial charge is 0.447 e. The van der Waals surface area contributed by atoms with Crippen molar-refractivity contribution < 1.29 is 68.1 Å². The summed E-state index contributed by atoms with van der Waals surface area (Å²) in [7, 11) is 0. The number of ether oxygens (including phenoxy) is 3. The summed E-state index contributed by atoms with van der Waals surface area (Å²) in [5.74, 6) is -4.38. The summed E-state index contributed by atoms with van der Waals surface area (Å²) in [6, 6.07) is 0. The molecule has 0 saturated heterocycles. The molecular weight excluding hydrogens is 447 g/mol. The molecule has 0 amide bonds. The van der Waals surface area contributed by atoms with E-state index in [1.54, 1.807) is 0 Å². The van der Waals surface area contributed by atoms with Crippen LogP contribution in [0.4, 0.5) is 39.5 Å². The van der Waals surface area contributed by atoms with E-state index in [1.165, 1.54) is 6.92 Å². The van der Waals surface area contributed by atoms with Gasteiger partial charge in [0.15, 0.2) is 0 Å². The van der Waals surface area contributed by atoms with Gasteiger partial charge in [0.05, 0.1) is 0 Å². The van der Waals surface area contributed by atoms with Crippen molar-refractivity contribution in [2.24, 2.45) is 0 Å². The van der Waals surface area contributed by atoms with Gasteiger partial charge in [0.2, 0.25) is 0 Å². The summed E-state index contributed by atoms with van der Waals surface area (Å²) in [6.45, 7) is 3.72. The molecule has 0 aromatic heterocycles. The standard InChI is InChI=1S/C15H15F9O6/c1-8(2)11(27)29-7-6-28-9(25)4-3-5-10(26)30-12(13(16,17)18,14(19,20)21)15(22,23)24/h1,3-7H2,2H3. The Labute approximate surface area is 162 Å². The number of carbonyl (C=O) groups is 3. The first-order valence-electron chi connectivity index (χ1n) is 7.77. The second kappa shape index (κ2) is 10.0. The lowest BCUT2D eigenvalue weighted by molar-refractivity contribution is -0.446. The number of carbonyl (C=O) groups excluding carboxylic acids is 3. The summed E-state index contributed by atoms with van der Waals surface area (Å²) in [4.78, 5) is 33.5. The van der Waals surface area contributed by atoms with Crippen LogP contribution >= 0.6 is 0 Å². The molecule has 0 rings (SSSR count). The maximum Gasteiger partial charge on any atom is 0.447 e. The molecule has 0 atom stereocenters. The molecule has 0 heterocycles. The molecule has 0 N–H and O–H groups in total. The Balaban J connectivity index is 4.78. The van der Waals surface area contributed by atoms with Crippen LogP contribution in [0.5, 0.6) is 0 Å². The maximum absolute atomic E-state index is 12.6. The van der Waals surface area contributed by atoms with E-state index in [-0.39, 0.29) is 5.57 Å². The lowest BCUT2D eigenvalue weighted by Crippen LogP contribution is -2.68. The largest absolute Gasteiger partial charge is 0.462 e. The first kappa shape index (κ1) is 27.5. The predicted molar refractivity (Wildman–Crippen MR) is 77.6 cm³/mol. The molecule has 0 spiro atoms. The van der Waals surface area contributed by atoms with Crippen molar-refractivity contribution in [3.63, 3.8) is 0 Å². The topological polar surface area (TPSA) is 78.9 Å². The van der Waals surface area contributed by atoms with Gasteiger partial charge in [0.25, 0.3) is 0 Å². The highest BCUT2D eigenvalue weighted by atomic mass is 19.4. The average Bonchev–Trinajstić information content (AvgIpc) is 2.52. The Hall–Kier alpha value is -2.48. The molecule has 30 heavy (non-hydrogen) atoms. The Morgan fingerprint density at radius 3 is 1.53 bits per heavy atom. The van der Waals surface area contributed by atoms with Gasteiger partial charge in [-0.25, -0.2) is 4.79 Å².